The van der Waals surface area contributed by atoms with Gasteiger partial charge in [-0.3, -0.25) is 14.6 Å². The number of hydrogen-bond acceptors (Lipinski definition) is 4. The molecule has 0 aliphatic rings. The van der Waals surface area contributed by atoms with Crippen molar-refractivity contribution in [2.45, 2.75) is 6.92 Å². The summed E-state index contributed by atoms with van der Waals surface area (Å²) >= 11 is 5.92. The van der Waals surface area contributed by atoms with Gasteiger partial charge < -0.3 is 15.4 Å². The third kappa shape index (κ3) is 5.08. The monoisotopic (exact) mass is 395 g/mol. The molecule has 1 heterocycles. The molecule has 0 atom stereocenters. The molecular formula is C21H18ClN3O3. The van der Waals surface area contributed by atoms with Crippen molar-refractivity contribution >= 4 is 34.8 Å². The maximum absolute atomic E-state index is 12.5. The van der Waals surface area contributed by atoms with Crippen LogP contribution in [0.15, 0.2) is 67.0 Å². The van der Waals surface area contributed by atoms with Crippen molar-refractivity contribution in [3.8, 4) is 5.75 Å². The molecule has 3 aromatic rings. The standard InChI is InChI=1S/C21H18ClN3O3/c1-2-28-19-8-6-17(7-9-19)24-20(26)14-10-15(13-23-12-14)21(27)25-18-5-3-4-16(22)11-18/h3-13H,2H2,1H3,(H,24,26)(H,25,27). The van der Waals surface area contributed by atoms with E-state index < -0.39 is 0 Å². The van der Waals surface area contributed by atoms with Crippen LogP contribution >= 0.6 is 11.6 Å². The lowest BCUT2D eigenvalue weighted by molar-refractivity contribution is 0.102. The molecule has 7 heteroatoms. The van der Waals surface area contributed by atoms with Gasteiger partial charge in [0.1, 0.15) is 5.75 Å². The van der Waals surface area contributed by atoms with Gasteiger partial charge >= 0.3 is 0 Å². The second kappa shape index (κ2) is 9.01. The fourth-order valence-electron chi connectivity index (χ4n) is 2.46. The molecule has 2 aromatic carbocycles. The highest BCUT2D eigenvalue weighted by Gasteiger charge is 2.12. The van der Waals surface area contributed by atoms with Crippen LogP contribution in [0.2, 0.25) is 5.02 Å². The first-order valence-electron chi connectivity index (χ1n) is 8.61. The Morgan fingerprint density at radius 3 is 2.18 bits per heavy atom. The summed E-state index contributed by atoms with van der Waals surface area (Å²) in [6.45, 7) is 2.47. The minimum absolute atomic E-state index is 0.263. The summed E-state index contributed by atoms with van der Waals surface area (Å²) in [6, 6.07) is 15.3. The third-order valence-corrected chi connectivity index (χ3v) is 4.00. The van der Waals surface area contributed by atoms with E-state index in [0.717, 1.165) is 5.75 Å². The molecule has 6 nitrogen and oxygen atoms in total. The van der Waals surface area contributed by atoms with Crippen molar-refractivity contribution < 1.29 is 14.3 Å². The predicted octanol–water partition coefficient (Wildman–Crippen LogP) is 4.64. The van der Waals surface area contributed by atoms with Crippen LogP contribution in [0.3, 0.4) is 0 Å². The largest absolute Gasteiger partial charge is 0.494 e. The van der Waals surface area contributed by atoms with Gasteiger partial charge in [0.05, 0.1) is 17.7 Å². The van der Waals surface area contributed by atoms with E-state index in [2.05, 4.69) is 15.6 Å². The van der Waals surface area contributed by atoms with Crippen LogP contribution in [-0.2, 0) is 0 Å². The van der Waals surface area contributed by atoms with E-state index in [0.29, 0.717) is 23.0 Å². The molecule has 2 N–H and O–H groups in total. The minimum atomic E-state index is -0.384. The van der Waals surface area contributed by atoms with E-state index in [9.17, 15) is 9.59 Å². The number of aromatic nitrogens is 1. The van der Waals surface area contributed by atoms with Gasteiger partial charge in [0, 0.05) is 28.8 Å². The summed E-state index contributed by atoms with van der Waals surface area (Å²) in [7, 11) is 0. The Bertz CT molecular complexity index is 990. The predicted molar refractivity (Wildman–Crippen MR) is 109 cm³/mol. The van der Waals surface area contributed by atoms with Crippen molar-refractivity contribution in [1.82, 2.24) is 4.98 Å². The van der Waals surface area contributed by atoms with E-state index in [-0.39, 0.29) is 22.9 Å². The molecule has 1 aromatic heterocycles. The highest BCUT2D eigenvalue weighted by Crippen LogP contribution is 2.18. The van der Waals surface area contributed by atoms with Gasteiger partial charge in [0.15, 0.2) is 0 Å². The number of ether oxygens (including phenoxy) is 1. The van der Waals surface area contributed by atoms with Crippen LogP contribution in [0.25, 0.3) is 0 Å². The molecule has 0 saturated carbocycles. The van der Waals surface area contributed by atoms with Gasteiger partial charge in [-0.2, -0.15) is 0 Å². The van der Waals surface area contributed by atoms with Gasteiger partial charge in [0.25, 0.3) is 11.8 Å². The molecule has 0 aliphatic carbocycles. The lowest BCUT2D eigenvalue weighted by atomic mass is 10.1. The number of halogens is 1. The zero-order chi connectivity index (χ0) is 19.9. The molecular weight excluding hydrogens is 378 g/mol. The summed E-state index contributed by atoms with van der Waals surface area (Å²) < 4.78 is 5.37. The molecule has 0 fully saturated rings. The van der Waals surface area contributed by atoms with Crippen LogP contribution < -0.4 is 15.4 Å². The number of amides is 2. The number of benzene rings is 2. The Hall–Kier alpha value is -3.38. The van der Waals surface area contributed by atoms with Gasteiger partial charge in [-0.25, -0.2) is 0 Å². The SMILES string of the molecule is CCOc1ccc(NC(=O)c2cncc(C(=O)Nc3cccc(Cl)c3)c2)cc1. The van der Waals surface area contributed by atoms with Crippen LogP contribution in [0.5, 0.6) is 5.75 Å². The van der Waals surface area contributed by atoms with Crippen molar-refractivity contribution in [2.24, 2.45) is 0 Å². The zero-order valence-electron chi connectivity index (χ0n) is 15.1. The van der Waals surface area contributed by atoms with E-state index >= 15 is 0 Å². The maximum atomic E-state index is 12.5. The van der Waals surface area contributed by atoms with E-state index in [1.165, 1.54) is 18.5 Å². The fourth-order valence-corrected chi connectivity index (χ4v) is 2.65. The van der Waals surface area contributed by atoms with Crippen molar-refractivity contribution in [3.63, 3.8) is 0 Å². The molecule has 0 bridgehead atoms. The molecule has 28 heavy (non-hydrogen) atoms. The quantitative estimate of drug-likeness (QED) is 0.637. The molecule has 0 radical (unpaired) electrons. The number of carbonyl (C=O) groups excluding carboxylic acids is 2. The summed E-state index contributed by atoms with van der Waals surface area (Å²) in [6.07, 6.45) is 2.80. The van der Waals surface area contributed by atoms with Gasteiger partial charge in [0.2, 0.25) is 0 Å². The van der Waals surface area contributed by atoms with Crippen molar-refractivity contribution in [1.29, 1.82) is 0 Å². The topological polar surface area (TPSA) is 80.3 Å². The number of nitrogens with one attached hydrogen (secondary N) is 2. The van der Waals surface area contributed by atoms with E-state index in [1.54, 1.807) is 48.5 Å². The summed E-state index contributed by atoms with van der Waals surface area (Å²) in [5.41, 5.74) is 1.70. The number of nitrogens with zero attached hydrogens (tertiary/aromatic N) is 1. The zero-order valence-corrected chi connectivity index (χ0v) is 15.9. The maximum Gasteiger partial charge on any atom is 0.257 e. The van der Waals surface area contributed by atoms with Crippen LogP contribution in [0.4, 0.5) is 11.4 Å². The van der Waals surface area contributed by atoms with Gasteiger partial charge in [-0.05, 0) is 55.5 Å². The first kappa shape index (κ1) is 19.4. The number of rotatable bonds is 6. The van der Waals surface area contributed by atoms with Crippen molar-refractivity contribution in [2.75, 3.05) is 17.2 Å². The highest BCUT2D eigenvalue weighted by molar-refractivity contribution is 6.31. The summed E-state index contributed by atoms with van der Waals surface area (Å²) in [5.74, 6) is -0.0265. The normalized spacial score (nSPS) is 10.2. The van der Waals surface area contributed by atoms with Crippen LogP contribution in [0.1, 0.15) is 27.6 Å². The Balaban J connectivity index is 1.69. The smallest absolute Gasteiger partial charge is 0.257 e. The Morgan fingerprint density at radius 2 is 1.57 bits per heavy atom. The average Bonchev–Trinajstić information content (AvgIpc) is 2.70. The van der Waals surface area contributed by atoms with Crippen LogP contribution in [0, 0.1) is 0 Å². The molecule has 0 spiro atoms. The lowest BCUT2D eigenvalue weighted by Crippen LogP contribution is -2.16. The van der Waals surface area contributed by atoms with Gasteiger partial charge in [-0.1, -0.05) is 17.7 Å². The molecule has 0 unspecified atom stereocenters. The van der Waals surface area contributed by atoms with Gasteiger partial charge in [-0.15, -0.1) is 0 Å². The van der Waals surface area contributed by atoms with Crippen molar-refractivity contribution in [3.05, 3.63) is 83.1 Å². The number of hydrogen-bond donors (Lipinski definition) is 2. The first-order chi connectivity index (χ1) is 13.5. The van der Waals surface area contributed by atoms with Crippen LogP contribution in [-0.4, -0.2) is 23.4 Å². The third-order valence-electron chi connectivity index (χ3n) is 3.77. The molecule has 3 rings (SSSR count). The minimum Gasteiger partial charge on any atom is -0.494 e. The highest BCUT2D eigenvalue weighted by atomic mass is 35.5. The second-order valence-corrected chi connectivity index (χ2v) is 6.27. The molecule has 142 valence electrons. The Labute approximate surface area is 167 Å². The van der Waals surface area contributed by atoms with E-state index in [1.807, 2.05) is 6.92 Å². The summed E-state index contributed by atoms with van der Waals surface area (Å²) in [5, 5.41) is 6.00. The molecule has 0 saturated heterocycles. The first-order valence-corrected chi connectivity index (χ1v) is 8.99. The fraction of sp³-hybridized carbons (Fsp3) is 0.0952. The lowest BCUT2D eigenvalue weighted by Gasteiger charge is -2.09. The van der Waals surface area contributed by atoms with E-state index in [4.69, 9.17) is 16.3 Å². The second-order valence-electron chi connectivity index (χ2n) is 5.84. The summed E-state index contributed by atoms with van der Waals surface area (Å²) in [4.78, 5) is 28.9. The number of anilines is 2. The Morgan fingerprint density at radius 1 is 0.929 bits per heavy atom. The number of pyridine rings is 1. The molecule has 2 amide bonds. The number of carbonyl (C=O) groups is 2. The average molecular weight is 396 g/mol. The Kier molecular flexibility index (Phi) is 6.24. The molecule has 0 aliphatic heterocycles.